The molecule has 0 heterocycles. The molecule has 2 aromatic rings. The molecule has 2 nitrogen and oxygen atoms in total. The highest BCUT2D eigenvalue weighted by Crippen LogP contribution is 2.23. The number of hydrogen-bond acceptors (Lipinski definition) is 2. The summed E-state index contributed by atoms with van der Waals surface area (Å²) in [5, 5.41) is 3.42. The molecule has 0 spiro atoms. The average molecular weight is 333 g/mol. The molecule has 1 N–H and O–H groups in total. The zero-order valence-corrected chi connectivity index (χ0v) is 13.8. The molecule has 0 saturated heterocycles. The average Bonchev–Trinajstić information content (AvgIpc) is 2.46. The monoisotopic (exact) mass is 332 g/mol. The minimum absolute atomic E-state index is 0.330. The lowest BCUT2D eigenvalue weighted by Gasteiger charge is -2.20. The summed E-state index contributed by atoms with van der Waals surface area (Å²) in [7, 11) is 6.16. The van der Waals surface area contributed by atoms with Crippen LogP contribution in [0.1, 0.15) is 17.2 Å². The quantitative estimate of drug-likeness (QED) is 0.889. The fourth-order valence-electron chi connectivity index (χ4n) is 2.26. The molecule has 0 aliphatic carbocycles. The van der Waals surface area contributed by atoms with Crippen molar-refractivity contribution in [3.8, 4) is 0 Å². The van der Waals surface area contributed by atoms with Gasteiger partial charge in [-0.25, -0.2) is 0 Å². The van der Waals surface area contributed by atoms with Crippen LogP contribution in [0, 0.1) is 0 Å². The van der Waals surface area contributed by atoms with Gasteiger partial charge in [-0.3, -0.25) is 0 Å². The zero-order valence-electron chi connectivity index (χ0n) is 12.2. The highest BCUT2D eigenvalue weighted by Gasteiger charge is 2.11. The van der Waals surface area contributed by atoms with Crippen LogP contribution in [0.25, 0.3) is 0 Å². The van der Waals surface area contributed by atoms with Crippen molar-refractivity contribution in [3.05, 3.63) is 64.1 Å². The van der Waals surface area contributed by atoms with Crippen molar-refractivity contribution in [2.24, 2.45) is 0 Å². The van der Waals surface area contributed by atoms with Crippen LogP contribution in [-0.2, 0) is 6.42 Å². The van der Waals surface area contributed by atoms with Gasteiger partial charge in [0.2, 0.25) is 0 Å². The largest absolute Gasteiger partial charge is 0.378 e. The van der Waals surface area contributed by atoms with E-state index in [2.05, 4.69) is 88.8 Å². The summed E-state index contributed by atoms with van der Waals surface area (Å²) >= 11 is 3.48. The van der Waals surface area contributed by atoms with Crippen molar-refractivity contribution < 1.29 is 0 Å². The van der Waals surface area contributed by atoms with E-state index >= 15 is 0 Å². The number of rotatable bonds is 5. The van der Waals surface area contributed by atoms with E-state index in [0.717, 1.165) is 10.9 Å². The van der Waals surface area contributed by atoms with Crippen molar-refractivity contribution >= 4 is 21.6 Å². The van der Waals surface area contributed by atoms with Crippen molar-refractivity contribution in [3.63, 3.8) is 0 Å². The standard InChI is InChI=1S/C17H21BrN2/c1-19-17(11-13-7-9-15(18)10-8-13)14-5-4-6-16(12-14)20(2)3/h4-10,12,17,19H,11H2,1-3H3. The summed E-state index contributed by atoms with van der Waals surface area (Å²) in [6, 6.07) is 17.6. The summed E-state index contributed by atoms with van der Waals surface area (Å²) in [5.41, 5.74) is 3.89. The maximum atomic E-state index is 3.48. The van der Waals surface area contributed by atoms with Crippen molar-refractivity contribution in [1.29, 1.82) is 0 Å². The van der Waals surface area contributed by atoms with E-state index in [1.165, 1.54) is 16.8 Å². The van der Waals surface area contributed by atoms with E-state index in [0.29, 0.717) is 6.04 Å². The summed E-state index contributed by atoms with van der Waals surface area (Å²) < 4.78 is 1.12. The van der Waals surface area contributed by atoms with Gasteiger partial charge in [0.1, 0.15) is 0 Å². The van der Waals surface area contributed by atoms with Gasteiger partial charge in [-0.1, -0.05) is 40.2 Å². The summed E-state index contributed by atoms with van der Waals surface area (Å²) in [4.78, 5) is 2.13. The predicted octanol–water partition coefficient (Wildman–Crippen LogP) is 4.02. The molecule has 0 aliphatic rings. The van der Waals surface area contributed by atoms with Gasteiger partial charge in [-0.2, -0.15) is 0 Å². The molecule has 0 aliphatic heterocycles. The number of halogens is 1. The van der Waals surface area contributed by atoms with E-state index in [1.54, 1.807) is 0 Å². The lowest BCUT2D eigenvalue weighted by atomic mass is 9.98. The van der Waals surface area contributed by atoms with Crippen LogP contribution < -0.4 is 10.2 Å². The van der Waals surface area contributed by atoms with Gasteiger partial charge in [0, 0.05) is 30.3 Å². The molecule has 2 aromatic carbocycles. The summed E-state index contributed by atoms with van der Waals surface area (Å²) in [6.07, 6.45) is 0.987. The molecule has 0 saturated carbocycles. The first kappa shape index (κ1) is 15.1. The van der Waals surface area contributed by atoms with Crippen LogP contribution in [0.4, 0.5) is 5.69 Å². The van der Waals surface area contributed by atoms with Gasteiger partial charge < -0.3 is 10.2 Å². The van der Waals surface area contributed by atoms with Gasteiger partial charge in [-0.05, 0) is 48.9 Å². The minimum Gasteiger partial charge on any atom is -0.378 e. The van der Waals surface area contributed by atoms with E-state index in [1.807, 2.05) is 7.05 Å². The molecule has 0 radical (unpaired) electrons. The Kier molecular flexibility index (Phi) is 5.21. The third kappa shape index (κ3) is 3.84. The molecule has 0 bridgehead atoms. The second-order valence-electron chi connectivity index (χ2n) is 5.16. The van der Waals surface area contributed by atoms with Crippen molar-refractivity contribution in [2.75, 3.05) is 26.0 Å². The molecule has 0 fully saturated rings. The van der Waals surface area contributed by atoms with Gasteiger partial charge in [0.15, 0.2) is 0 Å². The Morgan fingerprint density at radius 1 is 1.10 bits per heavy atom. The van der Waals surface area contributed by atoms with E-state index in [4.69, 9.17) is 0 Å². The maximum Gasteiger partial charge on any atom is 0.0364 e. The first-order chi connectivity index (χ1) is 9.60. The van der Waals surface area contributed by atoms with Gasteiger partial charge in [0.25, 0.3) is 0 Å². The Labute approximate surface area is 129 Å². The normalized spacial score (nSPS) is 12.2. The Bertz CT molecular complexity index is 549. The first-order valence-corrected chi connectivity index (χ1v) is 7.58. The van der Waals surface area contributed by atoms with Crippen LogP contribution in [0.15, 0.2) is 53.0 Å². The number of hydrogen-bond donors (Lipinski definition) is 1. The van der Waals surface area contributed by atoms with E-state index in [9.17, 15) is 0 Å². The highest BCUT2D eigenvalue weighted by atomic mass is 79.9. The number of nitrogens with zero attached hydrogens (tertiary/aromatic N) is 1. The van der Waals surface area contributed by atoms with Crippen molar-refractivity contribution in [2.45, 2.75) is 12.5 Å². The highest BCUT2D eigenvalue weighted by molar-refractivity contribution is 9.10. The SMILES string of the molecule is CNC(Cc1ccc(Br)cc1)c1cccc(N(C)C)c1. The van der Waals surface area contributed by atoms with E-state index in [-0.39, 0.29) is 0 Å². The number of likely N-dealkylation sites (N-methyl/N-ethyl adjacent to an activating group) is 1. The molecule has 3 heteroatoms. The molecule has 0 amide bonds. The topological polar surface area (TPSA) is 15.3 Å². The van der Waals surface area contributed by atoms with Crippen LogP contribution in [-0.4, -0.2) is 21.1 Å². The molecule has 106 valence electrons. The number of benzene rings is 2. The Balaban J connectivity index is 2.19. The van der Waals surface area contributed by atoms with Crippen LogP contribution >= 0.6 is 15.9 Å². The van der Waals surface area contributed by atoms with Gasteiger partial charge in [0.05, 0.1) is 0 Å². The van der Waals surface area contributed by atoms with Gasteiger partial charge in [-0.15, -0.1) is 0 Å². The zero-order chi connectivity index (χ0) is 14.5. The predicted molar refractivity (Wildman–Crippen MR) is 90.4 cm³/mol. The molecule has 20 heavy (non-hydrogen) atoms. The number of anilines is 1. The third-order valence-corrected chi connectivity index (χ3v) is 4.02. The Morgan fingerprint density at radius 3 is 2.40 bits per heavy atom. The van der Waals surface area contributed by atoms with Gasteiger partial charge >= 0.3 is 0 Å². The Morgan fingerprint density at radius 2 is 1.80 bits per heavy atom. The summed E-state index contributed by atoms with van der Waals surface area (Å²) in [5.74, 6) is 0. The molecule has 2 rings (SSSR count). The second kappa shape index (κ2) is 6.91. The fourth-order valence-corrected chi connectivity index (χ4v) is 2.53. The third-order valence-electron chi connectivity index (χ3n) is 3.49. The molecule has 0 aromatic heterocycles. The fraction of sp³-hybridized carbons (Fsp3) is 0.294. The number of nitrogens with one attached hydrogen (secondary N) is 1. The molecular weight excluding hydrogens is 312 g/mol. The minimum atomic E-state index is 0.330. The second-order valence-corrected chi connectivity index (χ2v) is 6.08. The van der Waals surface area contributed by atoms with Crippen LogP contribution in [0.2, 0.25) is 0 Å². The first-order valence-electron chi connectivity index (χ1n) is 6.79. The van der Waals surface area contributed by atoms with Crippen molar-refractivity contribution in [1.82, 2.24) is 5.32 Å². The lowest BCUT2D eigenvalue weighted by molar-refractivity contribution is 0.592. The summed E-state index contributed by atoms with van der Waals surface area (Å²) in [6.45, 7) is 0. The smallest absolute Gasteiger partial charge is 0.0364 e. The lowest BCUT2D eigenvalue weighted by Crippen LogP contribution is -2.19. The molecular formula is C17H21BrN2. The molecule has 1 atom stereocenters. The Hall–Kier alpha value is -1.32. The maximum absolute atomic E-state index is 3.48. The van der Waals surface area contributed by atoms with E-state index < -0.39 is 0 Å². The van der Waals surface area contributed by atoms with Crippen LogP contribution in [0.5, 0.6) is 0 Å². The van der Waals surface area contributed by atoms with Crippen LogP contribution in [0.3, 0.4) is 0 Å². The molecule has 1 unspecified atom stereocenters.